The Labute approximate surface area is 111 Å². The molecule has 2 rings (SSSR count). The highest BCUT2D eigenvalue weighted by Crippen LogP contribution is 2.33. The van der Waals surface area contributed by atoms with E-state index in [9.17, 15) is 4.79 Å². The van der Waals surface area contributed by atoms with Crippen molar-refractivity contribution in [1.29, 1.82) is 5.26 Å². The van der Waals surface area contributed by atoms with Crippen LogP contribution in [0.2, 0.25) is 0 Å². The predicted molar refractivity (Wildman–Crippen MR) is 68.4 cm³/mol. The fourth-order valence-corrected chi connectivity index (χ4v) is 2.59. The van der Waals surface area contributed by atoms with Crippen molar-refractivity contribution in [3.8, 4) is 6.07 Å². The third-order valence-electron chi connectivity index (χ3n) is 3.46. The summed E-state index contributed by atoms with van der Waals surface area (Å²) in [7, 11) is 0. The summed E-state index contributed by atoms with van der Waals surface area (Å²) >= 11 is 0. The van der Waals surface area contributed by atoms with Crippen molar-refractivity contribution in [2.45, 2.75) is 44.1 Å². The molecule has 1 fully saturated rings. The summed E-state index contributed by atoms with van der Waals surface area (Å²) in [5.41, 5.74) is -0.186. The average Bonchev–Trinajstić information content (AvgIpc) is 2.39. The number of carboxylic acids is 1. The second-order valence-electron chi connectivity index (χ2n) is 4.94. The average molecular weight is 260 g/mol. The summed E-state index contributed by atoms with van der Waals surface area (Å²) in [5.74, 6) is -0.279. The van der Waals surface area contributed by atoms with E-state index in [4.69, 9.17) is 10.4 Å². The quantitative estimate of drug-likeness (QED) is 0.858. The topological polar surface area (TPSA) is 98.9 Å². The van der Waals surface area contributed by atoms with Gasteiger partial charge in [-0.1, -0.05) is 19.3 Å². The molecule has 0 radical (unpaired) electrons. The molecule has 1 aliphatic carbocycles. The van der Waals surface area contributed by atoms with Gasteiger partial charge in [0.2, 0.25) is 0 Å². The van der Waals surface area contributed by atoms with E-state index in [1.165, 1.54) is 12.4 Å². The summed E-state index contributed by atoms with van der Waals surface area (Å²) < 4.78 is 0. The number of carboxylic acid groups (broad SMARTS) is 1. The molecule has 6 heteroatoms. The van der Waals surface area contributed by atoms with Crippen LogP contribution in [0.5, 0.6) is 0 Å². The molecule has 1 heterocycles. The second-order valence-corrected chi connectivity index (χ2v) is 4.94. The maximum Gasteiger partial charge on any atom is 0.305 e. The maximum absolute atomic E-state index is 11.0. The van der Waals surface area contributed by atoms with E-state index in [1.807, 2.05) is 6.07 Å². The molecule has 1 aliphatic rings. The predicted octanol–water partition coefficient (Wildman–Crippen LogP) is 1.94. The van der Waals surface area contributed by atoms with Crippen LogP contribution in [-0.2, 0) is 4.79 Å². The third-order valence-corrected chi connectivity index (χ3v) is 3.46. The van der Waals surface area contributed by atoms with Gasteiger partial charge in [-0.2, -0.15) is 5.26 Å². The number of carbonyl (C=O) groups is 1. The SMILES string of the molecule is N#Cc1cnc(NC2(CC(=O)O)CCCCC2)cn1. The normalized spacial score (nSPS) is 17.4. The van der Waals surface area contributed by atoms with Crippen molar-refractivity contribution in [2.75, 3.05) is 5.32 Å². The second kappa shape index (κ2) is 5.65. The number of hydrogen-bond acceptors (Lipinski definition) is 5. The third kappa shape index (κ3) is 3.41. The van der Waals surface area contributed by atoms with Crippen molar-refractivity contribution >= 4 is 11.8 Å². The van der Waals surface area contributed by atoms with E-state index >= 15 is 0 Å². The van der Waals surface area contributed by atoms with Crippen LogP contribution in [0.4, 0.5) is 5.82 Å². The molecule has 0 amide bonds. The minimum absolute atomic E-state index is 0.0781. The number of rotatable bonds is 4. The first-order chi connectivity index (χ1) is 9.13. The summed E-state index contributed by atoms with van der Waals surface area (Å²) in [6, 6.07) is 1.90. The lowest BCUT2D eigenvalue weighted by atomic mass is 9.79. The van der Waals surface area contributed by atoms with Crippen LogP contribution >= 0.6 is 0 Å². The molecule has 0 spiro atoms. The highest BCUT2D eigenvalue weighted by atomic mass is 16.4. The Hall–Kier alpha value is -2.16. The molecule has 0 saturated heterocycles. The Kier molecular flexibility index (Phi) is 3.95. The maximum atomic E-state index is 11.0. The number of aliphatic carboxylic acids is 1. The molecule has 0 unspecified atom stereocenters. The Morgan fingerprint density at radius 3 is 2.63 bits per heavy atom. The molecule has 0 bridgehead atoms. The molecule has 1 aromatic rings. The first-order valence-corrected chi connectivity index (χ1v) is 6.36. The monoisotopic (exact) mass is 260 g/mol. The Morgan fingerprint density at radius 1 is 1.37 bits per heavy atom. The van der Waals surface area contributed by atoms with Gasteiger partial charge in [0.15, 0.2) is 5.69 Å². The van der Waals surface area contributed by atoms with Crippen molar-refractivity contribution in [2.24, 2.45) is 0 Å². The molecule has 0 aliphatic heterocycles. The number of nitriles is 1. The molecular formula is C13H16N4O2. The van der Waals surface area contributed by atoms with E-state index in [0.717, 1.165) is 32.1 Å². The molecule has 2 N–H and O–H groups in total. The van der Waals surface area contributed by atoms with Crippen molar-refractivity contribution in [1.82, 2.24) is 9.97 Å². The van der Waals surface area contributed by atoms with E-state index in [1.54, 1.807) is 0 Å². The van der Waals surface area contributed by atoms with Gasteiger partial charge in [0.25, 0.3) is 0 Å². The zero-order valence-electron chi connectivity index (χ0n) is 10.6. The van der Waals surface area contributed by atoms with Crippen molar-refractivity contribution in [3.63, 3.8) is 0 Å². The molecule has 0 aromatic carbocycles. The standard InChI is InChI=1S/C13H16N4O2/c14-7-10-8-16-11(9-15-10)17-13(6-12(18)19)4-2-1-3-5-13/h8-9H,1-6H2,(H,16,17)(H,18,19). The van der Waals surface area contributed by atoms with Crippen LogP contribution in [0.25, 0.3) is 0 Å². The van der Waals surface area contributed by atoms with Crippen LogP contribution in [0.15, 0.2) is 12.4 Å². The Bertz CT molecular complexity index is 486. The van der Waals surface area contributed by atoms with Gasteiger partial charge in [0, 0.05) is 5.54 Å². The first-order valence-electron chi connectivity index (χ1n) is 6.36. The fraction of sp³-hybridized carbons (Fsp3) is 0.538. The number of nitrogens with zero attached hydrogens (tertiary/aromatic N) is 3. The van der Waals surface area contributed by atoms with Gasteiger partial charge in [-0.3, -0.25) is 4.79 Å². The van der Waals surface area contributed by atoms with Gasteiger partial charge >= 0.3 is 5.97 Å². The summed E-state index contributed by atoms with van der Waals surface area (Å²) in [6.45, 7) is 0. The van der Waals surface area contributed by atoms with Gasteiger partial charge in [-0.25, -0.2) is 9.97 Å². The first kappa shape index (κ1) is 13.3. The molecule has 6 nitrogen and oxygen atoms in total. The van der Waals surface area contributed by atoms with Crippen LogP contribution in [0.3, 0.4) is 0 Å². The highest BCUT2D eigenvalue weighted by Gasteiger charge is 2.34. The molecule has 1 saturated carbocycles. The zero-order chi connectivity index (χ0) is 13.7. The summed E-state index contributed by atoms with van der Waals surface area (Å²) in [5, 5.41) is 21.0. The van der Waals surface area contributed by atoms with Crippen LogP contribution in [0, 0.1) is 11.3 Å². The minimum atomic E-state index is -0.809. The summed E-state index contributed by atoms with van der Waals surface area (Å²) in [6.07, 6.45) is 7.77. The van der Waals surface area contributed by atoms with Gasteiger partial charge in [-0.15, -0.1) is 0 Å². The van der Waals surface area contributed by atoms with E-state index < -0.39 is 11.5 Å². The van der Waals surface area contributed by atoms with Crippen LogP contribution < -0.4 is 5.32 Å². The lowest BCUT2D eigenvalue weighted by molar-refractivity contribution is -0.138. The van der Waals surface area contributed by atoms with Gasteiger partial charge in [0.1, 0.15) is 11.9 Å². The number of nitrogens with one attached hydrogen (secondary N) is 1. The largest absolute Gasteiger partial charge is 0.481 e. The number of hydrogen-bond donors (Lipinski definition) is 2. The van der Waals surface area contributed by atoms with Crippen molar-refractivity contribution < 1.29 is 9.90 Å². The molecule has 19 heavy (non-hydrogen) atoms. The van der Waals surface area contributed by atoms with Gasteiger partial charge < -0.3 is 10.4 Å². The summed E-state index contributed by atoms with van der Waals surface area (Å²) in [4.78, 5) is 19.1. The molecular weight excluding hydrogens is 244 g/mol. The molecule has 0 atom stereocenters. The van der Waals surface area contributed by atoms with Gasteiger partial charge in [0.05, 0.1) is 18.8 Å². The fourth-order valence-electron chi connectivity index (χ4n) is 2.59. The van der Waals surface area contributed by atoms with E-state index in [0.29, 0.717) is 5.82 Å². The zero-order valence-corrected chi connectivity index (χ0v) is 10.6. The number of aromatic nitrogens is 2. The van der Waals surface area contributed by atoms with E-state index in [2.05, 4.69) is 15.3 Å². The van der Waals surface area contributed by atoms with Crippen LogP contribution in [0.1, 0.15) is 44.2 Å². The van der Waals surface area contributed by atoms with Crippen molar-refractivity contribution in [3.05, 3.63) is 18.1 Å². The number of anilines is 1. The van der Waals surface area contributed by atoms with Gasteiger partial charge in [-0.05, 0) is 12.8 Å². The minimum Gasteiger partial charge on any atom is -0.481 e. The lowest BCUT2D eigenvalue weighted by Crippen LogP contribution is -2.42. The molecule has 1 aromatic heterocycles. The molecule has 100 valence electrons. The smallest absolute Gasteiger partial charge is 0.305 e. The van der Waals surface area contributed by atoms with E-state index in [-0.39, 0.29) is 12.1 Å². The Morgan fingerprint density at radius 2 is 2.11 bits per heavy atom. The lowest BCUT2D eigenvalue weighted by Gasteiger charge is -2.37. The van der Waals surface area contributed by atoms with Crippen LogP contribution in [-0.4, -0.2) is 26.6 Å². The highest BCUT2D eigenvalue weighted by molar-refractivity contribution is 5.69. The Balaban J connectivity index is 2.14.